The van der Waals surface area contributed by atoms with Crippen molar-refractivity contribution in [3.63, 3.8) is 0 Å². The molecule has 2 aliphatic rings. The van der Waals surface area contributed by atoms with E-state index in [-0.39, 0.29) is 30.4 Å². The zero-order valence-corrected chi connectivity index (χ0v) is 15.6. The van der Waals surface area contributed by atoms with Gasteiger partial charge in [-0.2, -0.15) is 13.2 Å². The average molecular weight is 406 g/mol. The summed E-state index contributed by atoms with van der Waals surface area (Å²) in [6.07, 6.45) is -2.04. The first-order valence-corrected chi connectivity index (χ1v) is 8.79. The number of hydrogen-bond donors (Lipinski definition) is 1. The number of alkyl halides is 3. The van der Waals surface area contributed by atoms with E-state index in [1.54, 1.807) is 4.90 Å². The Morgan fingerprint density at radius 1 is 1.07 bits per heavy atom. The Balaban J connectivity index is 0.00000261. The molecule has 1 heterocycles. The third-order valence-corrected chi connectivity index (χ3v) is 4.76. The van der Waals surface area contributed by atoms with Gasteiger partial charge in [0.25, 0.3) is 5.91 Å². The molecule has 2 amide bonds. The molecule has 5 nitrogen and oxygen atoms in total. The lowest BCUT2D eigenvalue weighted by Gasteiger charge is -2.35. The van der Waals surface area contributed by atoms with Gasteiger partial charge in [-0.3, -0.25) is 9.59 Å². The van der Waals surface area contributed by atoms with E-state index in [0.717, 1.165) is 18.7 Å². The first-order valence-electron chi connectivity index (χ1n) is 8.79. The number of benzene rings is 1. The summed E-state index contributed by atoms with van der Waals surface area (Å²) in [5.74, 6) is 0.261. The van der Waals surface area contributed by atoms with Gasteiger partial charge in [0, 0.05) is 31.7 Å². The summed E-state index contributed by atoms with van der Waals surface area (Å²) in [6, 6.07) is 4.45. The normalized spacial score (nSPS) is 17.4. The Morgan fingerprint density at radius 2 is 1.70 bits per heavy atom. The lowest BCUT2D eigenvalue weighted by Crippen LogP contribution is -2.52. The van der Waals surface area contributed by atoms with Crippen LogP contribution >= 0.6 is 12.4 Å². The number of hydrogen-bond acceptors (Lipinski definition) is 3. The van der Waals surface area contributed by atoms with Crippen molar-refractivity contribution in [2.24, 2.45) is 5.92 Å². The highest BCUT2D eigenvalue weighted by Crippen LogP contribution is 2.30. The summed E-state index contributed by atoms with van der Waals surface area (Å²) >= 11 is 0. The van der Waals surface area contributed by atoms with Crippen LogP contribution in [0.5, 0.6) is 0 Å². The maximum absolute atomic E-state index is 12.8. The Hall–Kier alpha value is -1.80. The second-order valence-electron chi connectivity index (χ2n) is 6.83. The Morgan fingerprint density at radius 3 is 2.30 bits per heavy atom. The number of amides is 2. The highest BCUT2D eigenvalue weighted by atomic mass is 35.5. The van der Waals surface area contributed by atoms with Crippen LogP contribution in [0.4, 0.5) is 13.2 Å². The summed E-state index contributed by atoms with van der Waals surface area (Å²) < 4.78 is 38.4. The quantitative estimate of drug-likeness (QED) is 0.818. The van der Waals surface area contributed by atoms with Gasteiger partial charge in [0.05, 0.1) is 12.1 Å². The fourth-order valence-electron chi connectivity index (χ4n) is 2.99. The summed E-state index contributed by atoms with van der Waals surface area (Å²) in [6.45, 7) is 2.59. The van der Waals surface area contributed by atoms with Gasteiger partial charge >= 0.3 is 6.18 Å². The van der Waals surface area contributed by atoms with Crippen LogP contribution in [-0.2, 0) is 11.0 Å². The van der Waals surface area contributed by atoms with Crippen molar-refractivity contribution in [3.05, 3.63) is 35.4 Å². The maximum Gasteiger partial charge on any atom is 0.416 e. The predicted molar refractivity (Wildman–Crippen MR) is 96.8 cm³/mol. The van der Waals surface area contributed by atoms with Gasteiger partial charge in [0.2, 0.25) is 5.91 Å². The first-order chi connectivity index (χ1) is 12.3. The van der Waals surface area contributed by atoms with E-state index in [4.69, 9.17) is 0 Å². The molecule has 1 aliphatic carbocycles. The molecule has 27 heavy (non-hydrogen) atoms. The van der Waals surface area contributed by atoms with Crippen molar-refractivity contribution < 1.29 is 22.8 Å². The van der Waals surface area contributed by atoms with E-state index in [9.17, 15) is 22.8 Å². The van der Waals surface area contributed by atoms with Crippen molar-refractivity contribution in [2.45, 2.75) is 19.0 Å². The van der Waals surface area contributed by atoms with Crippen molar-refractivity contribution in [3.8, 4) is 0 Å². The summed E-state index contributed by atoms with van der Waals surface area (Å²) in [4.78, 5) is 27.8. The minimum atomic E-state index is -4.48. The van der Waals surface area contributed by atoms with Crippen LogP contribution in [0.3, 0.4) is 0 Å². The van der Waals surface area contributed by atoms with Gasteiger partial charge in [0.1, 0.15) is 0 Å². The topological polar surface area (TPSA) is 52.7 Å². The van der Waals surface area contributed by atoms with Gasteiger partial charge < -0.3 is 15.1 Å². The van der Waals surface area contributed by atoms with Crippen LogP contribution in [0.2, 0.25) is 0 Å². The monoisotopic (exact) mass is 405 g/mol. The molecule has 150 valence electrons. The second-order valence-corrected chi connectivity index (χ2v) is 6.83. The van der Waals surface area contributed by atoms with Crippen LogP contribution < -0.4 is 5.32 Å². The first kappa shape index (κ1) is 21.5. The number of carbonyl (C=O) groups excluding carboxylic acids is 2. The Kier molecular flexibility index (Phi) is 7.11. The van der Waals surface area contributed by atoms with Crippen LogP contribution in [0.25, 0.3) is 0 Å². The molecule has 0 unspecified atom stereocenters. The minimum Gasteiger partial charge on any atom is -0.338 e. The molecule has 1 aliphatic heterocycles. The standard InChI is InChI=1S/C18H22F3N3O2.ClH/c19-18(20,21)15-3-1-2-14(10-15)17(26)24-8-6-23(7-9-24)16(25)12-22-11-13-4-5-13;/h1-3,10,13,22H,4-9,11-12H2;1H. The Bertz CT molecular complexity index is 672. The zero-order chi connectivity index (χ0) is 18.7. The lowest BCUT2D eigenvalue weighted by molar-refractivity contribution is -0.137. The summed E-state index contributed by atoms with van der Waals surface area (Å²) in [5.41, 5.74) is -0.815. The number of rotatable bonds is 5. The highest BCUT2D eigenvalue weighted by Gasteiger charge is 2.32. The van der Waals surface area contributed by atoms with Crippen LogP contribution in [0.1, 0.15) is 28.8 Å². The van der Waals surface area contributed by atoms with E-state index in [2.05, 4.69) is 5.32 Å². The predicted octanol–water partition coefficient (Wildman–Crippen LogP) is 2.41. The van der Waals surface area contributed by atoms with Crippen molar-refractivity contribution in [2.75, 3.05) is 39.3 Å². The number of nitrogens with zero attached hydrogens (tertiary/aromatic N) is 2. The molecule has 0 aromatic heterocycles. The zero-order valence-electron chi connectivity index (χ0n) is 14.8. The Labute approximate surface area is 162 Å². The summed E-state index contributed by atoms with van der Waals surface area (Å²) in [7, 11) is 0. The molecular weight excluding hydrogens is 383 g/mol. The van der Waals surface area contributed by atoms with Gasteiger partial charge in [-0.05, 0) is 43.5 Å². The lowest BCUT2D eigenvalue weighted by atomic mass is 10.1. The van der Waals surface area contributed by atoms with Crippen LogP contribution in [0.15, 0.2) is 24.3 Å². The molecule has 2 fully saturated rings. The van der Waals surface area contributed by atoms with Crippen molar-refractivity contribution in [1.82, 2.24) is 15.1 Å². The van der Waals surface area contributed by atoms with Gasteiger partial charge in [0.15, 0.2) is 0 Å². The molecule has 1 saturated carbocycles. The van der Waals surface area contributed by atoms with E-state index in [0.29, 0.717) is 32.1 Å². The van der Waals surface area contributed by atoms with Crippen molar-refractivity contribution >= 4 is 24.2 Å². The molecule has 0 radical (unpaired) electrons. The van der Waals surface area contributed by atoms with E-state index >= 15 is 0 Å². The molecule has 1 N–H and O–H groups in total. The van der Waals surface area contributed by atoms with E-state index < -0.39 is 17.6 Å². The fraction of sp³-hybridized carbons (Fsp3) is 0.556. The largest absolute Gasteiger partial charge is 0.416 e. The van der Waals surface area contributed by atoms with Gasteiger partial charge in [-0.25, -0.2) is 0 Å². The van der Waals surface area contributed by atoms with Gasteiger partial charge in [-0.15, -0.1) is 12.4 Å². The van der Waals surface area contributed by atoms with Crippen LogP contribution in [-0.4, -0.2) is 60.9 Å². The number of carbonyl (C=O) groups is 2. The molecular formula is C18H23ClF3N3O2. The third-order valence-electron chi connectivity index (χ3n) is 4.76. The molecule has 1 saturated heterocycles. The second kappa shape index (κ2) is 8.93. The molecule has 0 spiro atoms. The number of halogens is 4. The molecule has 0 bridgehead atoms. The average Bonchev–Trinajstić information content (AvgIpc) is 3.45. The van der Waals surface area contributed by atoms with Crippen molar-refractivity contribution in [1.29, 1.82) is 0 Å². The minimum absolute atomic E-state index is 0. The summed E-state index contributed by atoms with van der Waals surface area (Å²) in [5, 5.41) is 3.15. The molecule has 1 aromatic rings. The molecule has 9 heteroatoms. The smallest absolute Gasteiger partial charge is 0.338 e. The highest BCUT2D eigenvalue weighted by molar-refractivity contribution is 5.94. The van der Waals surface area contributed by atoms with E-state index in [1.807, 2.05) is 0 Å². The number of piperazine rings is 1. The van der Waals surface area contributed by atoms with E-state index in [1.165, 1.54) is 29.9 Å². The molecule has 0 atom stereocenters. The van der Waals surface area contributed by atoms with Gasteiger partial charge in [-0.1, -0.05) is 6.07 Å². The third kappa shape index (κ3) is 5.84. The van der Waals surface area contributed by atoms with Crippen LogP contribution in [0, 0.1) is 5.92 Å². The molecule has 1 aromatic carbocycles. The number of nitrogens with one attached hydrogen (secondary N) is 1. The fourth-order valence-corrected chi connectivity index (χ4v) is 2.99. The molecule has 3 rings (SSSR count). The SMILES string of the molecule is Cl.O=C(CNCC1CC1)N1CCN(C(=O)c2cccc(C(F)(F)F)c2)CC1. The maximum atomic E-state index is 12.8.